The summed E-state index contributed by atoms with van der Waals surface area (Å²) in [6, 6.07) is 4.70. The van der Waals surface area contributed by atoms with Gasteiger partial charge in [0.25, 0.3) is 5.91 Å². The first-order valence-corrected chi connectivity index (χ1v) is 9.89. The molecule has 1 aliphatic rings. The number of aliphatic hydroxyl groups is 1. The van der Waals surface area contributed by atoms with Crippen molar-refractivity contribution >= 4 is 27.3 Å². The SMILES string of the molecule is O=C(NCC(O)c1ccco1)c1sccc1S(=O)(=O)N1CCCC1. The third-order valence-corrected chi connectivity index (χ3v) is 6.83. The predicted molar refractivity (Wildman–Crippen MR) is 88.3 cm³/mol. The third-order valence-electron chi connectivity index (χ3n) is 3.85. The van der Waals surface area contributed by atoms with Crippen LogP contribution in [0.3, 0.4) is 0 Å². The van der Waals surface area contributed by atoms with E-state index in [2.05, 4.69) is 5.32 Å². The van der Waals surface area contributed by atoms with Gasteiger partial charge < -0.3 is 14.8 Å². The number of hydrogen-bond acceptors (Lipinski definition) is 6. The lowest BCUT2D eigenvalue weighted by Gasteiger charge is -2.16. The molecule has 1 aliphatic heterocycles. The highest BCUT2D eigenvalue weighted by Gasteiger charge is 2.31. The maximum atomic E-state index is 12.6. The molecule has 0 bridgehead atoms. The fraction of sp³-hybridized carbons (Fsp3) is 0.400. The molecule has 1 unspecified atom stereocenters. The second-order valence-electron chi connectivity index (χ2n) is 5.47. The summed E-state index contributed by atoms with van der Waals surface area (Å²) in [6.07, 6.45) is 2.11. The summed E-state index contributed by atoms with van der Waals surface area (Å²) in [6.45, 7) is 0.903. The summed E-state index contributed by atoms with van der Waals surface area (Å²) in [5.74, 6) is -0.181. The minimum absolute atomic E-state index is 0.0272. The van der Waals surface area contributed by atoms with Crippen molar-refractivity contribution in [2.45, 2.75) is 23.8 Å². The minimum atomic E-state index is -3.65. The van der Waals surface area contributed by atoms with Gasteiger partial charge in [0, 0.05) is 13.1 Å². The zero-order chi connectivity index (χ0) is 17.2. The molecular formula is C15H18N2O5S2. The van der Waals surface area contributed by atoms with Crippen LogP contribution < -0.4 is 5.32 Å². The summed E-state index contributed by atoms with van der Waals surface area (Å²) in [7, 11) is -3.65. The van der Waals surface area contributed by atoms with Crippen LogP contribution in [0.25, 0.3) is 0 Å². The van der Waals surface area contributed by atoms with Gasteiger partial charge >= 0.3 is 0 Å². The van der Waals surface area contributed by atoms with E-state index in [-0.39, 0.29) is 16.3 Å². The van der Waals surface area contributed by atoms with Crippen LogP contribution >= 0.6 is 11.3 Å². The van der Waals surface area contributed by atoms with Crippen molar-refractivity contribution in [1.82, 2.24) is 9.62 Å². The molecule has 0 aliphatic carbocycles. The number of sulfonamides is 1. The molecule has 0 saturated carbocycles. The van der Waals surface area contributed by atoms with E-state index >= 15 is 0 Å². The quantitative estimate of drug-likeness (QED) is 0.804. The summed E-state index contributed by atoms with van der Waals surface area (Å²) in [5, 5.41) is 14.1. The number of furan rings is 1. The van der Waals surface area contributed by atoms with Gasteiger partial charge in [-0.15, -0.1) is 11.3 Å². The summed E-state index contributed by atoms with van der Waals surface area (Å²) in [5.41, 5.74) is 0. The number of carbonyl (C=O) groups is 1. The van der Waals surface area contributed by atoms with Gasteiger partial charge in [0.15, 0.2) is 0 Å². The predicted octanol–water partition coefficient (Wildman–Crippen LogP) is 1.59. The Morgan fingerprint density at radius 3 is 2.79 bits per heavy atom. The molecule has 1 amide bonds. The van der Waals surface area contributed by atoms with E-state index in [0.29, 0.717) is 18.8 Å². The van der Waals surface area contributed by atoms with Gasteiger partial charge in [0.2, 0.25) is 10.0 Å². The molecule has 130 valence electrons. The number of amides is 1. The molecule has 0 spiro atoms. The summed E-state index contributed by atoms with van der Waals surface area (Å²) >= 11 is 1.07. The highest BCUT2D eigenvalue weighted by molar-refractivity contribution is 7.89. The van der Waals surface area contributed by atoms with Crippen molar-refractivity contribution in [3.05, 3.63) is 40.5 Å². The monoisotopic (exact) mass is 370 g/mol. The van der Waals surface area contributed by atoms with E-state index < -0.39 is 22.0 Å². The van der Waals surface area contributed by atoms with Crippen LogP contribution in [0.5, 0.6) is 0 Å². The Morgan fingerprint density at radius 1 is 1.38 bits per heavy atom. The Labute approximate surface area is 143 Å². The van der Waals surface area contributed by atoms with Gasteiger partial charge in [0.1, 0.15) is 21.6 Å². The van der Waals surface area contributed by atoms with Crippen LogP contribution in [-0.4, -0.2) is 43.4 Å². The second kappa shape index (κ2) is 7.06. The molecule has 3 heterocycles. The van der Waals surface area contributed by atoms with Crippen LogP contribution in [0.4, 0.5) is 0 Å². The maximum Gasteiger partial charge on any atom is 0.262 e. The van der Waals surface area contributed by atoms with Crippen LogP contribution in [0.15, 0.2) is 39.2 Å². The largest absolute Gasteiger partial charge is 0.467 e. The van der Waals surface area contributed by atoms with E-state index in [1.165, 1.54) is 16.6 Å². The smallest absolute Gasteiger partial charge is 0.262 e. The van der Waals surface area contributed by atoms with Gasteiger partial charge in [0.05, 0.1) is 12.8 Å². The van der Waals surface area contributed by atoms with E-state index in [9.17, 15) is 18.3 Å². The number of rotatable bonds is 6. The molecule has 3 rings (SSSR count). The number of nitrogens with zero attached hydrogens (tertiary/aromatic N) is 1. The average molecular weight is 370 g/mol. The summed E-state index contributed by atoms with van der Waals surface area (Å²) in [4.78, 5) is 12.5. The molecule has 1 atom stereocenters. The van der Waals surface area contributed by atoms with Gasteiger partial charge in [-0.05, 0) is 36.4 Å². The Morgan fingerprint density at radius 2 is 2.12 bits per heavy atom. The number of carbonyl (C=O) groups excluding carboxylic acids is 1. The van der Waals surface area contributed by atoms with Crippen LogP contribution in [0.1, 0.15) is 34.4 Å². The normalized spacial score (nSPS) is 17.0. The number of aliphatic hydroxyl groups excluding tert-OH is 1. The van der Waals surface area contributed by atoms with Crippen molar-refractivity contribution in [3.8, 4) is 0 Å². The molecule has 7 nitrogen and oxygen atoms in total. The molecular weight excluding hydrogens is 352 g/mol. The van der Waals surface area contributed by atoms with Crippen LogP contribution in [-0.2, 0) is 10.0 Å². The van der Waals surface area contributed by atoms with Crippen molar-refractivity contribution in [2.24, 2.45) is 0 Å². The zero-order valence-corrected chi connectivity index (χ0v) is 14.5. The van der Waals surface area contributed by atoms with E-state index in [0.717, 1.165) is 24.2 Å². The number of nitrogens with one attached hydrogen (secondary N) is 1. The lowest BCUT2D eigenvalue weighted by Crippen LogP contribution is -2.32. The van der Waals surface area contributed by atoms with Crippen molar-refractivity contribution in [3.63, 3.8) is 0 Å². The molecule has 2 aromatic rings. The van der Waals surface area contributed by atoms with E-state index in [1.807, 2.05) is 0 Å². The number of hydrogen-bond donors (Lipinski definition) is 2. The van der Waals surface area contributed by atoms with Crippen molar-refractivity contribution in [1.29, 1.82) is 0 Å². The molecule has 2 aromatic heterocycles. The first-order valence-electron chi connectivity index (χ1n) is 7.57. The average Bonchev–Trinajstić information content (AvgIpc) is 3.34. The Balaban J connectivity index is 1.71. The standard InChI is InChI=1S/C15H18N2O5S2/c18-11(12-4-3-8-22-12)10-16-15(19)14-13(5-9-23-14)24(20,21)17-6-1-2-7-17/h3-5,8-9,11,18H,1-2,6-7,10H2,(H,16,19). The first kappa shape index (κ1) is 17.2. The van der Waals surface area contributed by atoms with Gasteiger partial charge in [-0.1, -0.05) is 0 Å². The minimum Gasteiger partial charge on any atom is -0.467 e. The zero-order valence-electron chi connectivity index (χ0n) is 12.8. The van der Waals surface area contributed by atoms with Crippen molar-refractivity contribution in [2.75, 3.05) is 19.6 Å². The van der Waals surface area contributed by atoms with E-state index in [1.54, 1.807) is 17.5 Å². The lowest BCUT2D eigenvalue weighted by atomic mass is 10.2. The Kier molecular flexibility index (Phi) is 5.04. The van der Waals surface area contributed by atoms with Crippen LogP contribution in [0.2, 0.25) is 0 Å². The fourth-order valence-electron chi connectivity index (χ4n) is 2.58. The molecule has 24 heavy (non-hydrogen) atoms. The first-order chi connectivity index (χ1) is 11.5. The second-order valence-corrected chi connectivity index (χ2v) is 8.29. The summed E-state index contributed by atoms with van der Waals surface area (Å²) < 4.78 is 31.7. The molecule has 2 N–H and O–H groups in total. The van der Waals surface area contributed by atoms with Gasteiger partial charge in [-0.25, -0.2) is 8.42 Å². The van der Waals surface area contributed by atoms with Gasteiger partial charge in [-0.3, -0.25) is 4.79 Å². The highest BCUT2D eigenvalue weighted by atomic mass is 32.2. The topological polar surface area (TPSA) is 99.8 Å². The Bertz CT molecular complexity index is 792. The third kappa shape index (κ3) is 3.39. The molecule has 9 heteroatoms. The molecule has 0 aromatic carbocycles. The number of thiophene rings is 1. The van der Waals surface area contributed by atoms with E-state index in [4.69, 9.17) is 4.42 Å². The Hall–Kier alpha value is -1.68. The molecule has 1 fully saturated rings. The molecule has 1 saturated heterocycles. The van der Waals surface area contributed by atoms with Gasteiger partial charge in [-0.2, -0.15) is 4.31 Å². The van der Waals surface area contributed by atoms with Crippen molar-refractivity contribution < 1.29 is 22.7 Å². The maximum absolute atomic E-state index is 12.6. The molecule has 0 radical (unpaired) electrons. The van der Waals surface area contributed by atoms with Crippen LogP contribution in [0, 0.1) is 0 Å². The fourth-order valence-corrected chi connectivity index (χ4v) is 5.42. The highest BCUT2D eigenvalue weighted by Crippen LogP contribution is 2.27. The lowest BCUT2D eigenvalue weighted by molar-refractivity contribution is 0.0902.